The lowest BCUT2D eigenvalue weighted by Gasteiger charge is -1.92. The number of H-pyrrole nitrogens is 1. The molecule has 0 bridgehead atoms. The monoisotopic (exact) mass is 124 g/mol. The first-order chi connectivity index (χ1) is 4.22. The molecule has 0 saturated heterocycles. The van der Waals surface area contributed by atoms with Gasteiger partial charge < -0.3 is 5.73 Å². The SMILES string of the molecule is Cc1nc[nH+]c(N)c1C. The van der Waals surface area contributed by atoms with Crippen molar-refractivity contribution in [3.05, 3.63) is 17.6 Å². The molecule has 0 spiro atoms. The van der Waals surface area contributed by atoms with Gasteiger partial charge in [0.2, 0.25) is 12.1 Å². The van der Waals surface area contributed by atoms with E-state index in [2.05, 4.69) is 9.97 Å². The maximum Gasteiger partial charge on any atom is 0.223 e. The molecule has 1 heterocycles. The number of anilines is 1. The second kappa shape index (κ2) is 2.01. The molecule has 1 rings (SSSR count). The molecule has 0 aromatic carbocycles. The predicted octanol–water partition coefficient (Wildman–Crippen LogP) is 0.0947. The van der Waals surface area contributed by atoms with Gasteiger partial charge in [0.05, 0.1) is 5.56 Å². The topological polar surface area (TPSA) is 53.0 Å². The van der Waals surface area contributed by atoms with E-state index in [-0.39, 0.29) is 0 Å². The molecule has 48 valence electrons. The number of aryl methyl sites for hydroxylation is 1. The first-order valence-electron chi connectivity index (χ1n) is 2.81. The quantitative estimate of drug-likeness (QED) is 0.533. The number of aromatic nitrogens is 2. The first-order valence-corrected chi connectivity index (χ1v) is 2.81. The Morgan fingerprint density at radius 1 is 1.56 bits per heavy atom. The van der Waals surface area contributed by atoms with Crippen LogP contribution < -0.4 is 10.7 Å². The van der Waals surface area contributed by atoms with Gasteiger partial charge in [0.15, 0.2) is 0 Å². The van der Waals surface area contributed by atoms with Gasteiger partial charge in [-0.25, -0.2) is 0 Å². The summed E-state index contributed by atoms with van der Waals surface area (Å²) >= 11 is 0. The molecule has 0 unspecified atom stereocenters. The molecule has 0 fully saturated rings. The van der Waals surface area contributed by atoms with Crippen molar-refractivity contribution < 1.29 is 4.98 Å². The number of nitrogens with zero attached hydrogens (tertiary/aromatic N) is 1. The molecule has 3 N–H and O–H groups in total. The zero-order chi connectivity index (χ0) is 6.85. The highest BCUT2D eigenvalue weighted by Crippen LogP contribution is 2.03. The van der Waals surface area contributed by atoms with E-state index in [9.17, 15) is 0 Å². The number of nitrogen functional groups attached to an aromatic ring is 1. The molecule has 1 aromatic heterocycles. The number of nitrogens with one attached hydrogen (secondary N) is 1. The molecule has 1 aromatic rings. The Morgan fingerprint density at radius 2 is 2.22 bits per heavy atom. The molecule has 9 heavy (non-hydrogen) atoms. The van der Waals surface area contributed by atoms with Crippen LogP contribution in [0.1, 0.15) is 11.3 Å². The number of hydrogen-bond acceptors (Lipinski definition) is 2. The molecule has 0 aliphatic carbocycles. The minimum atomic E-state index is 0.697. The van der Waals surface area contributed by atoms with Gasteiger partial charge in [-0.3, -0.25) is 4.98 Å². The third-order valence-electron chi connectivity index (χ3n) is 1.42. The van der Waals surface area contributed by atoms with Crippen LogP contribution in [0.4, 0.5) is 5.82 Å². The molecule has 0 aliphatic heterocycles. The van der Waals surface area contributed by atoms with E-state index in [0.717, 1.165) is 11.3 Å². The lowest BCUT2D eigenvalue weighted by molar-refractivity contribution is -0.365. The lowest BCUT2D eigenvalue weighted by atomic mass is 10.2. The summed E-state index contributed by atoms with van der Waals surface area (Å²) < 4.78 is 0. The Kier molecular flexibility index (Phi) is 1.34. The van der Waals surface area contributed by atoms with Gasteiger partial charge in [-0.1, -0.05) is 0 Å². The van der Waals surface area contributed by atoms with Crippen LogP contribution in [-0.4, -0.2) is 4.98 Å². The van der Waals surface area contributed by atoms with E-state index in [0.29, 0.717) is 5.82 Å². The average Bonchev–Trinajstić information content (AvgIpc) is 1.83. The summed E-state index contributed by atoms with van der Waals surface area (Å²) in [5.74, 6) is 0.697. The van der Waals surface area contributed by atoms with E-state index >= 15 is 0 Å². The second-order valence-corrected chi connectivity index (χ2v) is 2.03. The fourth-order valence-electron chi connectivity index (χ4n) is 0.599. The smallest absolute Gasteiger partial charge is 0.223 e. The van der Waals surface area contributed by atoms with E-state index in [4.69, 9.17) is 5.73 Å². The maximum absolute atomic E-state index is 5.53. The van der Waals surface area contributed by atoms with Crippen molar-refractivity contribution in [2.24, 2.45) is 0 Å². The fraction of sp³-hybridized carbons (Fsp3) is 0.333. The third-order valence-corrected chi connectivity index (χ3v) is 1.42. The number of rotatable bonds is 0. The van der Waals surface area contributed by atoms with Crippen LogP contribution in [0.5, 0.6) is 0 Å². The molecule has 0 radical (unpaired) electrons. The summed E-state index contributed by atoms with van der Waals surface area (Å²) in [6, 6.07) is 0. The first kappa shape index (κ1) is 6.01. The number of nitrogens with two attached hydrogens (primary N) is 1. The normalized spacial score (nSPS) is 9.56. The van der Waals surface area contributed by atoms with Crippen LogP contribution in [0, 0.1) is 13.8 Å². The molecule has 0 saturated carbocycles. The van der Waals surface area contributed by atoms with Gasteiger partial charge in [0, 0.05) is 0 Å². The Balaban J connectivity index is 3.25. The van der Waals surface area contributed by atoms with Crippen LogP contribution >= 0.6 is 0 Å². The highest BCUT2D eigenvalue weighted by atomic mass is 14.9. The Labute approximate surface area is 53.9 Å². The van der Waals surface area contributed by atoms with Gasteiger partial charge in [-0.15, -0.1) is 4.98 Å². The third kappa shape index (κ3) is 0.988. The van der Waals surface area contributed by atoms with Crippen molar-refractivity contribution in [2.75, 3.05) is 5.73 Å². The highest BCUT2D eigenvalue weighted by molar-refractivity contribution is 5.34. The molecule has 0 atom stereocenters. The van der Waals surface area contributed by atoms with Gasteiger partial charge in [-0.2, -0.15) is 0 Å². The van der Waals surface area contributed by atoms with Crippen LogP contribution in [0.2, 0.25) is 0 Å². The summed E-state index contributed by atoms with van der Waals surface area (Å²) in [5, 5.41) is 0. The molecule has 0 aliphatic rings. The van der Waals surface area contributed by atoms with Gasteiger partial charge in [0.25, 0.3) is 0 Å². The standard InChI is InChI=1S/C6H9N3/c1-4-5(2)8-3-9-6(4)7/h3H,1-2H3,(H2,7,8,9)/p+1. The lowest BCUT2D eigenvalue weighted by Crippen LogP contribution is -2.13. The Hall–Kier alpha value is -1.12. The van der Waals surface area contributed by atoms with Gasteiger partial charge >= 0.3 is 0 Å². The number of aromatic amines is 1. The van der Waals surface area contributed by atoms with Gasteiger partial charge in [-0.05, 0) is 13.8 Å². The van der Waals surface area contributed by atoms with Crippen molar-refractivity contribution in [1.29, 1.82) is 0 Å². The zero-order valence-corrected chi connectivity index (χ0v) is 5.60. The largest absolute Gasteiger partial charge is 0.318 e. The van der Waals surface area contributed by atoms with Crippen molar-refractivity contribution >= 4 is 5.82 Å². The predicted molar refractivity (Wildman–Crippen MR) is 34.7 cm³/mol. The second-order valence-electron chi connectivity index (χ2n) is 2.03. The summed E-state index contributed by atoms with van der Waals surface area (Å²) in [5.41, 5.74) is 7.53. The molecular weight excluding hydrogens is 114 g/mol. The van der Waals surface area contributed by atoms with Crippen molar-refractivity contribution in [1.82, 2.24) is 4.98 Å². The Morgan fingerprint density at radius 3 is 2.67 bits per heavy atom. The van der Waals surface area contributed by atoms with E-state index in [1.165, 1.54) is 0 Å². The van der Waals surface area contributed by atoms with Crippen LogP contribution in [-0.2, 0) is 0 Å². The van der Waals surface area contributed by atoms with Crippen molar-refractivity contribution in [3.8, 4) is 0 Å². The molecule has 3 nitrogen and oxygen atoms in total. The van der Waals surface area contributed by atoms with Gasteiger partial charge in [0.1, 0.15) is 5.69 Å². The summed E-state index contributed by atoms with van der Waals surface area (Å²) in [6.45, 7) is 3.87. The Bertz CT molecular complexity index is 199. The van der Waals surface area contributed by atoms with E-state index in [1.807, 2.05) is 13.8 Å². The summed E-state index contributed by atoms with van der Waals surface area (Å²) in [6.07, 6.45) is 1.59. The van der Waals surface area contributed by atoms with Crippen LogP contribution in [0.3, 0.4) is 0 Å². The number of hydrogen-bond donors (Lipinski definition) is 1. The van der Waals surface area contributed by atoms with Crippen molar-refractivity contribution in [3.63, 3.8) is 0 Å². The zero-order valence-electron chi connectivity index (χ0n) is 5.60. The molecule has 0 amide bonds. The fourth-order valence-corrected chi connectivity index (χ4v) is 0.599. The van der Waals surface area contributed by atoms with Crippen LogP contribution in [0.15, 0.2) is 6.33 Å². The van der Waals surface area contributed by atoms with Crippen molar-refractivity contribution in [2.45, 2.75) is 13.8 Å². The highest BCUT2D eigenvalue weighted by Gasteiger charge is 2.01. The molecule has 3 heteroatoms. The summed E-state index contributed by atoms with van der Waals surface area (Å²) in [7, 11) is 0. The summed E-state index contributed by atoms with van der Waals surface area (Å²) in [4.78, 5) is 6.81. The van der Waals surface area contributed by atoms with E-state index in [1.54, 1.807) is 6.33 Å². The van der Waals surface area contributed by atoms with Crippen LogP contribution in [0.25, 0.3) is 0 Å². The minimum Gasteiger partial charge on any atom is -0.318 e. The molecular formula is C6H10N3+. The average molecular weight is 124 g/mol. The maximum atomic E-state index is 5.53. The van der Waals surface area contributed by atoms with E-state index < -0.39 is 0 Å². The minimum absolute atomic E-state index is 0.697.